The van der Waals surface area contributed by atoms with Crippen molar-refractivity contribution in [2.24, 2.45) is 0 Å². The van der Waals surface area contributed by atoms with Gasteiger partial charge in [0.15, 0.2) is 0 Å². The maximum atomic E-state index is 13.3. The van der Waals surface area contributed by atoms with Crippen LogP contribution in [0.5, 0.6) is 0 Å². The molecule has 2 aliphatic rings. The fourth-order valence-corrected chi connectivity index (χ4v) is 4.73. The van der Waals surface area contributed by atoms with Gasteiger partial charge in [0.1, 0.15) is 11.2 Å². The molecule has 4 rings (SSSR count). The normalized spacial score (nSPS) is 23.9. The summed E-state index contributed by atoms with van der Waals surface area (Å²) in [6.07, 6.45) is 5.63. The van der Waals surface area contributed by atoms with Crippen molar-refractivity contribution >= 4 is 11.6 Å². The monoisotopic (exact) mass is 368 g/mol. The van der Waals surface area contributed by atoms with Gasteiger partial charge in [0, 0.05) is 31.4 Å². The van der Waals surface area contributed by atoms with Crippen LogP contribution in [-0.2, 0) is 11.3 Å². The molecule has 6 heteroatoms. The van der Waals surface area contributed by atoms with Crippen molar-refractivity contribution in [2.45, 2.75) is 64.6 Å². The molecule has 0 aliphatic carbocycles. The molecule has 1 spiro atoms. The first-order chi connectivity index (χ1) is 12.9. The number of rotatable bonds is 3. The number of carbonyl (C=O) groups is 1. The number of hydrogen-bond acceptors (Lipinski definition) is 4. The van der Waals surface area contributed by atoms with Crippen molar-refractivity contribution in [3.8, 4) is 0 Å². The maximum absolute atomic E-state index is 13.3. The third-order valence-electron chi connectivity index (χ3n) is 6.12. The molecule has 144 valence electrons. The van der Waals surface area contributed by atoms with Crippen LogP contribution in [0.15, 0.2) is 29.2 Å². The minimum atomic E-state index is -0.415. The second-order valence-electron chi connectivity index (χ2n) is 8.27. The molecule has 0 aromatic carbocycles. The van der Waals surface area contributed by atoms with E-state index in [2.05, 4.69) is 18.7 Å². The topological polar surface area (TPSA) is 57.9 Å². The average Bonchev–Trinajstić information content (AvgIpc) is 3.00. The Hall–Kier alpha value is -2.21. The Labute approximate surface area is 159 Å². The van der Waals surface area contributed by atoms with E-state index in [0.29, 0.717) is 12.2 Å². The molecular formula is C21H28N4O2. The second-order valence-corrected chi connectivity index (χ2v) is 8.27. The van der Waals surface area contributed by atoms with Crippen LogP contribution in [0, 0.1) is 6.92 Å². The minimum Gasteiger partial charge on any atom is -0.339 e. The van der Waals surface area contributed by atoms with Gasteiger partial charge >= 0.3 is 0 Å². The first-order valence-electron chi connectivity index (χ1n) is 9.96. The van der Waals surface area contributed by atoms with Gasteiger partial charge in [-0.15, -0.1) is 0 Å². The lowest BCUT2D eigenvalue weighted by Crippen LogP contribution is -2.61. The predicted molar refractivity (Wildman–Crippen MR) is 105 cm³/mol. The summed E-state index contributed by atoms with van der Waals surface area (Å²) >= 11 is 0. The molecule has 2 saturated heterocycles. The molecule has 2 aliphatic heterocycles. The summed E-state index contributed by atoms with van der Waals surface area (Å²) in [7, 11) is 0. The van der Waals surface area contributed by atoms with E-state index in [1.165, 1.54) is 0 Å². The SMILES string of the molecule is Cc1ccn2c(=O)cc(CN3CCCC34CCCN(C(C)C)C4=O)nc2c1. The number of amides is 1. The summed E-state index contributed by atoms with van der Waals surface area (Å²) < 4.78 is 1.57. The average molecular weight is 368 g/mol. The highest BCUT2D eigenvalue weighted by molar-refractivity contribution is 5.87. The molecule has 0 saturated carbocycles. The van der Waals surface area contributed by atoms with E-state index in [1.54, 1.807) is 16.7 Å². The number of aryl methyl sites for hydroxylation is 1. The second kappa shape index (κ2) is 6.75. The highest BCUT2D eigenvalue weighted by atomic mass is 16.2. The Morgan fingerprint density at radius 1 is 1.15 bits per heavy atom. The van der Waals surface area contributed by atoms with Crippen LogP contribution in [0.4, 0.5) is 0 Å². The highest BCUT2D eigenvalue weighted by Gasteiger charge is 2.51. The highest BCUT2D eigenvalue weighted by Crippen LogP contribution is 2.39. The van der Waals surface area contributed by atoms with E-state index in [1.807, 2.05) is 24.0 Å². The summed E-state index contributed by atoms with van der Waals surface area (Å²) in [5.74, 6) is 0.259. The molecule has 0 bridgehead atoms. The third-order valence-corrected chi connectivity index (χ3v) is 6.12. The number of carbonyl (C=O) groups excluding carboxylic acids is 1. The molecular weight excluding hydrogens is 340 g/mol. The van der Waals surface area contributed by atoms with E-state index in [4.69, 9.17) is 4.98 Å². The van der Waals surface area contributed by atoms with E-state index in [-0.39, 0.29) is 17.5 Å². The maximum Gasteiger partial charge on any atom is 0.258 e. The first-order valence-corrected chi connectivity index (χ1v) is 9.96. The van der Waals surface area contributed by atoms with Crippen LogP contribution in [-0.4, -0.2) is 49.8 Å². The number of piperidine rings is 1. The number of nitrogens with zero attached hydrogens (tertiary/aromatic N) is 4. The molecule has 27 heavy (non-hydrogen) atoms. The molecule has 1 atom stereocenters. The van der Waals surface area contributed by atoms with E-state index >= 15 is 0 Å². The first kappa shape index (κ1) is 18.2. The van der Waals surface area contributed by atoms with Crippen molar-refractivity contribution < 1.29 is 4.79 Å². The number of aromatic nitrogens is 2. The van der Waals surface area contributed by atoms with Crippen LogP contribution < -0.4 is 5.56 Å². The lowest BCUT2D eigenvalue weighted by atomic mass is 9.84. The molecule has 2 aromatic rings. The lowest BCUT2D eigenvalue weighted by molar-refractivity contribution is -0.149. The Balaban J connectivity index is 1.66. The summed E-state index contributed by atoms with van der Waals surface area (Å²) in [5.41, 5.74) is 2.02. The summed E-state index contributed by atoms with van der Waals surface area (Å²) in [4.78, 5) is 34.8. The quantitative estimate of drug-likeness (QED) is 0.835. The van der Waals surface area contributed by atoms with Crippen LogP contribution in [0.1, 0.15) is 50.8 Å². The smallest absolute Gasteiger partial charge is 0.258 e. The Bertz CT molecular complexity index is 935. The molecule has 6 nitrogen and oxygen atoms in total. The largest absolute Gasteiger partial charge is 0.339 e. The van der Waals surface area contributed by atoms with Gasteiger partial charge in [-0.1, -0.05) is 0 Å². The zero-order valence-corrected chi connectivity index (χ0v) is 16.4. The van der Waals surface area contributed by atoms with Gasteiger partial charge < -0.3 is 4.90 Å². The van der Waals surface area contributed by atoms with Gasteiger partial charge in [0.25, 0.3) is 5.56 Å². The van der Waals surface area contributed by atoms with Crippen molar-refractivity contribution in [2.75, 3.05) is 13.1 Å². The molecule has 0 radical (unpaired) electrons. The number of likely N-dealkylation sites (tertiary alicyclic amines) is 2. The van der Waals surface area contributed by atoms with Gasteiger partial charge in [-0.05, 0) is 70.7 Å². The van der Waals surface area contributed by atoms with Crippen molar-refractivity contribution in [3.63, 3.8) is 0 Å². The Kier molecular flexibility index (Phi) is 4.54. The lowest BCUT2D eigenvalue weighted by Gasteiger charge is -2.46. The molecule has 0 N–H and O–H groups in total. The van der Waals surface area contributed by atoms with Gasteiger partial charge in [-0.3, -0.25) is 18.9 Å². The summed E-state index contributed by atoms with van der Waals surface area (Å²) in [6.45, 7) is 8.45. The standard InChI is InChI=1S/C21H28N4O2/c1-15(2)24-10-5-8-21(20(24)27)7-4-9-23(21)14-17-13-19(26)25-11-6-16(3)12-18(25)22-17/h6,11-13,15H,4-5,7-10,14H2,1-3H3. The minimum absolute atomic E-state index is 0.0676. The van der Waals surface area contributed by atoms with Crippen molar-refractivity contribution in [1.82, 2.24) is 19.2 Å². The van der Waals surface area contributed by atoms with Crippen LogP contribution in [0.3, 0.4) is 0 Å². The molecule has 2 fully saturated rings. The third kappa shape index (κ3) is 3.06. The van der Waals surface area contributed by atoms with E-state index in [0.717, 1.165) is 50.0 Å². The van der Waals surface area contributed by atoms with E-state index < -0.39 is 5.54 Å². The van der Waals surface area contributed by atoms with Gasteiger partial charge in [0.2, 0.25) is 5.91 Å². The molecule has 1 unspecified atom stereocenters. The Morgan fingerprint density at radius 3 is 2.63 bits per heavy atom. The molecule has 2 aromatic heterocycles. The van der Waals surface area contributed by atoms with Crippen molar-refractivity contribution in [3.05, 3.63) is 46.0 Å². The Morgan fingerprint density at radius 2 is 1.89 bits per heavy atom. The number of hydrogen-bond donors (Lipinski definition) is 0. The van der Waals surface area contributed by atoms with Gasteiger partial charge in [-0.25, -0.2) is 4.98 Å². The van der Waals surface area contributed by atoms with Crippen LogP contribution in [0.2, 0.25) is 0 Å². The summed E-state index contributed by atoms with van der Waals surface area (Å²) in [6, 6.07) is 5.68. The number of pyridine rings is 1. The van der Waals surface area contributed by atoms with Gasteiger partial charge in [-0.2, -0.15) is 0 Å². The fraction of sp³-hybridized carbons (Fsp3) is 0.571. The molecule has 1 amide bonds. The summed E-state index contributed by atoms with van der Waals surface area (Å²) in [5, 5.41) is 0. The van der Waals surface area contributed by atoms with Crippen molar-refractivity contribution in [1.29, 1.82) is 0 Å². The predicted octanol–water partition coefficient (Wildman–Crippen LogP) is 2.37. The van der Waals surface area contributed by atoms with Crippen LogP contribution in [0.25, 0.3) is 5.65 Å². The zero-order chi connectivity index (χ0) is 19.2. The van der Waals surface area contributed by atoms with Gasteiger partial charge in [0.05, 0.1) is 5.69 Å². The van der Waals surface area contributed by atoms with E-state index in [9.17, 15) is 9.59 Å². The fourth-order valence-electron chi connectivity index (χ4n) is 4.73. The van der Waals surface area contributed by atoms with Crippen LogP contribution >= 0.6 is 0 Å². The zero-order valence-electron chi connectivity index (χ0n) is 16.4. The number of fused-ring (bicyclic) bond motifs is 1. The molecule has 4 heterocycles.